The molecule has 0 aromatic heterocycles. The SMILES string of the molecule is CCCC(=O)C1=CNC1=O. The second-order valence-corrected chi connectivity index (χ2v) is 2.20. The highest BCUT2D eigenvalue weighted by Crippen LogP contribution is 2.07. The second-order valence-electron chi connectivity index (χ2n) is 2.20. The molecule has 0 atom stereocenters. The van der Waals surface area contributed by atoms with Crippen LogP contribution in [0.2, 0.25) is 0 Å². The summed E-state index contributed by atoms with van der Waals surface area (Å²) in [5.74, 6) is -0.287. The first-order chi connectivity index (χ1) is 4.75. The number of Topliss-reactive ketones (excluding diaryl/α,β-unsaturated/α-hetero) is 1. The third kappa shape index (κ3) is 1.07. The summed E-state index contributed by atoms with van der Waals surface area (Å²) in [6.45, 7) is 1.91. The molecule has 3 heteroatoms. The molecule has 10 heavy (non-hydrogen) atoms. The van der Waals surface area contributed by atoms with Gasteiger partial charge in [-0.2, -0.15) is 0 Å². The van der Waals surface area contributed by atoms with Crippen molar-refractivity contribution in [1.82, 2.24) is 5.32 Å². The zero-order valence-corrected chi connectivity index (χ0v) is 5.81. The van der Waals surface area contributed by atoms with Crippen LogP contribution in [0.25, 0.3) is 0 Å². The van der Waals surface area contributed by atoms with Crippen molar-refractivity contribution in [1.29, 1.82) is 0 Å². The minimum absolute atomic E-state index is 0.0498. The Balaban J connectivity index is 2.50. The normalized spacial score (nSPS) is 15.3. The van der Waals surface area contributed by atoms with Gasteiger partial charge in [0, 0.05) is 12.6 Å². The van der Waals surface area contributed by atoms with Gasteiger partial charge in [0.2, 0.25) is 0 Å². The summed E-state index contributed by atoms with van der Waals surface area (Å²) in [7, 11) is 0. The molecule has 0 fully saturated rings. The first-order valence-corrected chi connectivity index (χ1v) is 3.30. The fourth-order valence-electron chi connectivity index (χ4n) is 0.772. The fourth-order valence-corrected chi connectivity index (χ4v) is 0.772. The summed E-state index contributed by atoms with van der Waals surface area (Å²) in [4.78, 5) is 21.5. The Bertz CT molecular complexity index is 206. The molecule has 54 valence electrons. The predicted octanol–water partition coefficient (Wildman–Crippen LogP) is 0.369. The Morgan fingerprint density at radius 2 is 2.40 bits per heavy atom. The van der Waals surface area contributed by atoms with Crippen LogP contribution in [0, 0.1) is 0 Å². The molecule has 0 unspecified atom stereocenters. The number of hydrogen-bond acceptors (Lipinski definition) is 2. The van der Waals surface area contributed by atoms with E-state index in [1.54, 1.807) is 0 Å². The van der Waals surface area contributed by atoms with E-state index in [9.17, 15) is 9.59 Å². The Labute approximate surface area is 59.1 Å². The van der Waals surface area contributed by atoms with Crippen LogP contribution in [0.3, 0.4) is 0 Å². The predicted molar refractivity (Wildman–Crippen MR) is 36.1 cm³/mol. The van der Waals surface area contributed by atoms with E-state index in [-0.39, 0.29) is 11.7 Å². The molecule has 1 rings (SSSR count). The quantitative estimate of drug-likeness (QED) is 0.574. The highest BCUT2D eigenvalue weighted by atomic mass is 16.2. The van der Waals surface area contributed by atoms with E-state index < -0.39 is 0 Å². The van der Waals surface area contributed by atoms with Crippen molar-refractivity contribution in [2.24, 2.45) is 0 Å². The van der Waals surface area contributed by atoms with Gasteiger partial charge in [0.15, 0.2) is 5.78 Å². The lowest BCUT2D eigenvalue weighted by Crippen LogP contribution is -2.34. The third-order valence-electron chi connectivity index (χ3n) is 1.37. The molecule has 1 aliphatic heterocycles. The van der Waals surface area contributed by atoms with Gasteiger partial charge in [0.25, 0.3) is 5.91 Å². The lowest BCUT2D eigenvalue weighted by molar-refractivity contribution is -0.123. The van der Waals surface area contributed by atoms with Gasteiger partial charge in [-0.3, -0.25) is 9.59 Å². The molecule has 0 radical (unpaired) electrons. The molecule has 0 aromatic carbocycles. The monoisotopic (exact) mass is 139 g/mol. The van der Waals surface area contributed by atoms with Crippen LogP contribution in [0.1, 0.15) is 19.8 Å². The molecule has 0 saturated heterocycles. The van der Waals surface area contributed by atoms with Crippen molar-refractivity contribution in [2.45, 2.75) is 19.8 Å². The first kappa shape index (κ1) is 6.99. The van der Waals surface area contributed by atoms with Crippen LogP contribution in [0.4, 0.5) is 0 Å². The number of amides is 1. The van der Waals surface area contributed by atoms with Gasteiger partial charge in [0.1, 0.15) is 0 Å². The summed E-state index contributed by atoms with van der Waals surface area (Å²) in [5.41, 5.74) is 0.321. The number of nitrogens with one attached hydrogen (secondary N) is 1. The Hall–Kier alpha value is -1.12. The van der Waals surface area contributed by atoms with E-state index in [0.717, 1.165) is 6.42 Å². The van der Waals surface area contributed by atoms with Crippen LogP contribution >= 0.6 is 0 Å². The molecule has 1 heterocycles. The van der Waals surface area contributed by atoms with E-state index >= 15 is 0 Å². The third-order valence-corrected chi connectivity index (χ3v) is 1.37. The molecule has 1 N–H and O–H groups in total. The van der Waals surface area contributed by atoms with Gasteiger partial charge in [0.05, 0.1) is 5.57 Å². The summed E-state index contributed by atoms with van der Waals surface area (Å²) in [6, 6.07) is 0. The van der Waals surface area contributed by atoms with Gasteiger partial charge in [-0.1, -0.05) is 6.92 Å². The largest absolute Gasteiger partial charge is 0.328 e. The maximum absolute atomic E-state index is 10.9. The van der Waals surface area contributed by atoms with Crippen LogP contribution in [0.5, 0.6) is 0 Å². The van der Waals surface area contributed by atoms with Gasteiger partial charge in [-0.05, 0) is 6.42 Å². The van der Waals surface area contributed by atoms with Gasteiger partial charge in [-0.25, -0.2) is 0 Å². The minimum Gasteiger partial charge on any atom is -0.328 e. The van der Waals surface area contributed by atoms with E-state index in [2.05, 4.69) is 5.32 Å². The van der Waals surface area contributed by atoms with Crippen molar-refractivity contribution >= 4 is 11.7 Å². The maximum Gasteiger partial charge on any atom is 0.260 e. The Morgan fingerprint density at radius 3 is 2.70 bits per heavy atom. The van der Waals surface area contributed by atoms with Gasteiger partial charge >= 0.3 is 0 Å². The molecule has 3 nitrogen and oxygen atoms in total. The maximum atomic E-state index is 10.9. The van der Waals surface area contributed by atoms with Gasteiger partial charge in [-0.15, -0.1) is 0 Å². The van der Waals surface area contributed by atoms with E-state index in [1.807, 2.05) is 6.92 Å². The van der Waals surface area contributed by atoms with Crippen molar-refractivity contribution in [2.75, 3.05) is 0 Å². The van der Waals surface area contributed by atoms with E-state index in [0.29, 0.717) is 12.0 Å². The summed E-state index contributed by atoms with van der Waals surface area (Å²) in [6.07, 6.45) is 2.73. The molecule has 0 aliphatic carbocycles. The smallest absolute Gasteiger partial charge is 0.260 e. The summed E-state index contributed by atoms with van der Waals surface area (Å²) in [5, 5.41) is 2.38. The van der Waals surface area contributed by atoms with Crippen molar-refractivity contribution in [3.05, 3.63) is 11.8 Å². The zero-order valence-electron chi connectivity index (χ0n) is 5.81. The average molecular weight is 139 g/mol. The number of hydrogen-bond donors (Lipinski definition) is 1. The molecular formula is C7H9NO2. The second kappa shape index (κ2) is 2.64. The number of rotatable bonds is 3. The highest BCUT2D eigenvalue weighted by Gasteiger charge is 2.22. The van der Waals surface area contributed by atoms with Gasteiger partial charge < -0.3 is 5.32 Å². The van der Waals surface area contributed by atoms with Crippen LogP contribution in [-0.2, 0) is 9.59 Å². The molecule has 0 spiro atoms. The Kier molecular flexibility index (Phi) is 1.85. The molecule has 1 aliphatic rings. The molecule has 0 bridgehead atoms. The Morgan fingerprint density at radius 1 is 1.70 bits per heavy atom. The molecule has 1 amide bonds. The van der Waals surface area contributed by atoms with Crippen LogP contribution < -0.4 is 5.32 Å². The molecular weight excluding hydrogens is 130 g/mol. The molecule has 0 aromatic rings. The zero-order chi connectivity index (χ0) is 7.56. The fraction of sp³-hybridized carbons (Fsp3) is 0.429. The van der Waals surface area contributed by atoms with Crippen molar-refractivity contribution < 1.29 is 9.59 Å². The number of carbonyl (C=O) groups is 2. The topological polar surface area (TPSA) is 46.2 Å². The lowest BCUT2D eigenvalue weighted by atomic mass is 10.0. The summed E-state index contributed by atoms with van der Waals surface area (Å²) < 4.78 is 0. The van der Waals surface area contributed by atoms with Crippen molar-refractivity contribution in [3.63, 3.8) is 0 Å². The van der Waals surface area contributed by atoms with Crippen LogP contribution in [-0.4, -0.2) is 11.7 Å². The highest BCUT2D eigenvalue weighted by molar-refractivity contribution is 6.23. The van der Waals surface area contributed by atoms with E-state index in [1.165, 1.54) is 6.20 Å². The lowest BCUT2D eigenvalue weighted by Gasteiger charge is -2.12. The first-order valence-electron chi connectivity index (χ1n) is 3.30. The van der Waals surface area contributed by atoms with E-state index in [4.69, 9.17) is 0 Å². The standard InChI is InChI=1S/C7H9NO2/c1-2-3-6(9)5-4-8-7(5)10/h4H,2-3H2,1H3,(H,8,10). The number of carbonyl (C=O) groups excluding carboxylic acids is 2. The minimum atomic E-state index is -0.238. The van der Waals surface area contributed by atoms with Crippen LogP contribution in [0.15, 0.2) is 11.8 Å². The molecule has 0 saturated carbocycles. The number of ketones is 1. The average Bonchev–Trinajstić information content (AvgIpc) is 1.85. The van der Waals surface area contributed by atoms with Crippen molar-refractivity contribution in [3.8, 4) is 0 Å². The summed E-state index contributed by atoms with van der Waals surface area (Å²) >= 11 is 0.